The second-order valence-corrected chi connectivity index (χ2v) is 15.4. The molecule has 26 nitrogen and oxygen atoms in total. The number of ether oxygens (including phenoxy) is 5. The van der Waals surface area contributed by atoms with E-state index in [2.05, 4.69) is 36.1 Å². The lowest BCUT2D eigenvalue weighted by atomic mass is 10.0. The van der Waals surface area contributed by atoms with E-state index in [0.717, 1.165) is 14.2 Å². The van der Waals surface area contributed by atoms with E-state index < -0.39 is 108 Å². The van der Waals surface area contributed by atoms with Crippen LogP contribution in [0, 0.1) is 0 Å². The van der Waals surface area contributed by atoms with Crippen molar-refractivity contribution in [3.05, 3.63) is 0 Å². The molecule has 26 heteroatoms. The van der Waals surface area contributed by atoms with E-state index in [4.69, 9.17) is 30.2 Å². The monoisotopic (exact) mass is 892 g/mol. The van der Waals surface area contributed by atoms with Crippen molar-refractivity contribution in [2.45, 2.75) is 128 Å². The Hall–Kier alpha value is -4.67. The molecule has 0 rings (SSSR count). The SMILES string of the molecule is CC(C)(C)OC(=O)NCCN.CC(C)(C)OC(=O)NCCNC(=O)[C@@H](O)[C@H](O)[C@H](O)[C@@H](O)C(=O)NCCNC(=O)OC(C)(C)C.COC(=O)[C@@H](O)[C@H](O)[C@H](O)[C@@H](O)C(=O)OC. The van der Waals surface area contributed by atoms with Gasteiger partial charge < -0.3 is 96.9 Å². The number of nitrogens with one attached hydrogen (secondary N) is 5. The summed E-state index contributed by atoms with van der Waals surface area (Å²) in [7, 11) is 1.92. The number of methoxy groups -OCH3 is 2. The van der Waals surface area contributed by atoms with Gasteiger partial charge in [0.15, 0.2) is 24.4 Å². The molecule has 0 fully saturated rings. The van der Waals surface area contributed by atoms with Gasteiger partial charge in [-0.05, 0) is 62.3 Å². The molecule has 0 aliphatic rings. The van der Waals surface area contributed by atoms with Crippen LogP contribution in [-0.4, -0.2) is 202 Å². The van der Waals surface area contributed by atoms with Crippen LogP contribution >= 0.6 is 0 Å². The molecule has 0 aromatic heterocycles. The Morgan fingerprint density at radius 2 is 0.656 bits per heavy atom. The molecule has 0 bridgehead atoms. The quantitative estimate of drug-likeness (QED) is 0.0348. The highest BCUT2D eigenvalue weighted by Gasteiger charge is 2.39. The molecule has 0 radical (unpaired) electrons. The zero-order valence-electron chi connectivity index (χ0n) is 36.4. The van der Waals surface area contributed by atoms with Gasteiger partial charge in [-0.3, -0.25) is 9.59 Å². The molecule has 0 aromatic rings. The number of carbonyl (C=O) groups is 7. The molecule has 0 saturated carbocycles. The van der Waals surface area contributed by atoms with E-state index in [9.17, 15) is 64.2 Å². The van der Waals surface area contributed by atoms with Gasteiger partial charge in [0.2, 0.25) is 0 Å². The van der Waals surface area contributed by atoms with Crippen molar-refractivity contribution in [1.82, 2.24) is 26.6 Å². The number of aliphatic hydroxyl groups excluding tert-OH is 8. The van der Waals surface area contributed by atoms with Crippen molar-refractivity contribution < 1.29 is 98.1 Å². The van der Waals surface area contributed by atoms with Crippen molar-refractivity contribution in [2.24, 2.45) is 5.73 Å². The summed E-state index contributed by atoms with van der Waals surface area (Å²) in [4.78, 5) is 79.2. The first-order valence-electron chi connectivity index (χ1n) is 18.5. The van der Waals surface area contributed by atoms with Crippen LogP contribution < -0.4 is 32.3 Å². The van der Waals surface area contributed by atoms with Crippen molar-refractivity contribution in [2.75, 3.05) is 53.5 Å². The molecule has 8 atom stereocenters. The van der Waals surface area contributed by atoms with Crippen molar-refractivity contribution in [1.29, 1.82) is 0 Å². The lowest BCUT2D eigenvalue weighted by molar-refractivity contribution is -0.176. The average Bonchev–Trinajstić information content (AvgIpc) is 3.15. The molecule has 358 valence electrons. The summed E-state index contributed by atoms with van der Waals surface area (Å²) >= 11 is 0. The lowest BCUT2D eigenvalue weighted by Crippen LogP contribution is -2.55. The van der Waals surface area contributed by atoms with Crippen molar-refractivity contribution in [3.8, 4) is 0 Å². The first-order chi connectivity index (χ1) is 27.8. The predicted octanol–water partition coefficient (Wildman–Crippen LogP) is -5.04. The van der Waals surface area contributed by atoms with Gasteiger partial charge in [0.1, 0.15) is 41.2 Å². The van der Waals surface area contributed by atoms with E-state index in [1.807, 2.05) is 20.8 Å². The summed E-state index contributed by atoms with van der Waals surface area (Å²) < 4.78 is 23.1. The minimum absolute atomic E-state index is 0.0472. The van der Waals surface area contributed by atoms with E-state index in [-0.39, 0.29) is 26.2 Å². The Labute approximate surface area is 353 Å². The molecule has 0 aliphatic carbocycles. The van der Waals surface area contributed by atoms with Crippen molar-refractivity contribution in [3.63, 3.8) is 0 Å². The molecule has 0 aromatic carbocycles. The molecular formula is C35H68N6O20. The Morgan fingerprint density at radius 3 is 0.885 bits per heavy atom. The van der Waals surface area contributed by atoms with E-state index in [1.165, 1.54) is 0 Å². The second-order valence-electron chi connectivity index (χ2n) is 15.4. The van der Waals surface area contributed by atoms with Gasteiger partial charge in [0, 0.05) is 39.3 Å². The van der Waals surface area contributed by atoms with Gasteiger partial charge >= 0.3 is 30.2 Å². The van der Waals surface area contributed by atoms with Crippen LogP contribution in [0.2, 0.25) is 0 Å². The third kappa shape index (κ3) is 30.1. The maximum atomic E-state index is 11.9. The number of amides is 5. The Morgan fingerprint density at radius 1 is 0.426 bits per heavy atom. The zero-order valence-corrected chi connectivity index (χ0v) is 36.4. The number of carbonyl (C=O) groups excluding carboxylic acids is 7. The van der Waals surface area contributed by atoms with Gasteiger partial charge in [0.25, 0.3) is 11.8 Å². The molecule has 5 amide bonds. The lowest BCUT2D eigenvalue weighted by Gasteiger charge is -2.25. The fourth-order valence-electron chi connectivity index (χ4n) is 3.60. The molecule has 0 saturated heterocycles. The first kappa shape index (κ1) is 60.6. The molecule has 61 heavy (non-hydrogen) atoms. The summed E-state index contributed by atoms with van der Waals surface area (Å²) in [6.07, 6.45) is -18.9. The van der Waals surface area contributed by atoms with Gasteiger partial charge in [-0.2, -0.15) is 0 Å². The average molecular weight is 893 g/mol. The van der Waals surface area contributed by atoms with Gasteiger partial charge in [0.05, 0.1) is 14.2 Å². The molecule has 0 aliphatic heterocycles. The van der Waals surface area contributed by atoms with Crippen LogP contribution in [-0.2, 0) is 42.9 Å². The minimum Gasteiger partial charge on any atom is -0.467 e. The fraction of sp³-hybridized carbons (Fsp3) is 0.800. The van der Waals surface area contributed by atoms with Crippen molar-refractivity contribution >= 4 is 42.0 Å². The molecule has 15 N–H and O–H groups in total. The van der Waals surface area contributed by atoms with Gasteiger partial charge in [-0.1, -0.05) is 0 Å². The highest BCUT2D eigenvalue weighted by Crippen LogP contribution is 2.10. The summed E-state index contributed by atoms with van der Waals surface area (Å²) in [5, 5.41) is 88.0. The second kappa shape index (κ2) is 29.6. The van der Waals surface area contributed by atoms with Crippen LogP contribution in [0.4, 0.5) is 14.4 Å². The van der Waals surface area contributed by atoms with Gasteiger partial charge in [-0.25, -0.2) is 24.0 Å². The largest absolute Gasteiger partial charge is 0.467 e. The maximum absolute atomic E-state index is 11.9. The third-order valence-electron chi connectivity index (χ3n) is 6.41. The Balaban J connectivity index is -0.00000102. The van der Waals surface area contributed by atoms with Crippen LogP contribution in [0.25, 0.3) is 0 Å². The van der Waals surface area contributed by atoms with Crippen LogP contribution in [0.5, 0.6) is 0 Å². The standard InChI is InChI=1S/C20H38N4O10.C8H14O8.C7H16N2O2/c1-19(2,3)33-17(31)23-9-7-21-15(29)13(27)11(25)12(26)14(28)16(30)22-8-10-24-18(32)34-20(4,5)6;1-15-7(13)5(11)3(9)4(10)6(12)8(14)16-2;1-7(2,3)11-6(10)9-5-4-8/h11-14,25-28H,7-10H2,1-6H3,(H,21,29)(H,22,30)(H,23,31)(H,24,32);3-6,9-12H,1-2H3;4-5,8H2,1-3H3,(H,9,10)/t11-,12+,13+,14-;3-,4+,5+,6-;. The van der Waals surface area contributed by atoms with E-state index >= 15 is 0 Å². The number of hydrogen-bond donors (Lipinski definition) is 14. The normalized spacial score (nSPS) is 15.2. The molecular weight excluding hydrogens is 824 g/mol. The minimum atomic E-state index is -2.19. The summed E-state index contributed by atoms with van der Waals surface area (Å²) in [5.41, 5.74) is 3.33. The zero-order chi connectivity index (χ0) is 48.5. The Kier molecular flexibility index (Phi) is 29.4. The number of nitrogens with two attached hydrogens (primary N) is 1. The number of alkyl carbamates (subject to hydrolysis) is 3. The smallest absolute Gasteiger partial charge is 0.407 e. The summed E-state index contributed by atoms with van der Waals surface area (Å²) in [6.45, 7) is 16.0. The first-order valence-corrected chi connectivity index (χ1v) is 18.5. The molecule has 0 heterocycles. The van der Waals surface area contributed by atoms with Crippen LogP contribution in [0.3, 0.4) is 0 Å². The number of hydrogen-bond acceptors (Lipinski definition) is 21. The van der Waals surface area contributed by atoms with Crippen LogP contribution in [0.1, 0.15) is 62.3 Å². The Bertz CT molecular complexity index is 1270. The highest BCUT2D eigenvalue weighted by atomic mass is 16.6. The number of esters is 2. The third-order valence-corrected chi connectivity index (χ3v) is 6.41. The van der Waals surface area contributed by atoms with Crippen LogP contribution in [0.15, 0.2) is 0 Å². The summed E-state index contributed by atoms with van der Waals surface area (Å²) in [6, 6.07) is 0. The van der Waals surface area contributed by atoms with E-state index in [1.54, 1.807) is 41.5 Å². The molecule has 0 unspecified atom stereocenters. The fourth-order valence-corrected chi connectivity index (χ4v) is 3.60. The van der Waals surface area contributed by atoms with E-state index in [0.29, 0.717) is 13.1 Å². The predicted molar refractivity (Wildman–Crippen MR) is 210 cm³/mol. The number of rotatable bonds is 18. The highest BCUT2D eigenvalue weighted by molar-refractivity contribution is 5.83. The summed E-state index contributed by atoms with van der Waals surface area (Å²) in [5.74, 6) is -4.62. The molecule has 0 spiro atoms. The van der Waals surface area contributed by atoms with Gasteiger partial charge in [-0.15, -0.1) is 0 Å². The topological polar surface area (TPSA) is 414 Å². The maximum Gasteiger partial charge on any atom is 0.407 e. The number of aliphatic hydroxyl groups is 8.